The zero-order valence-electron chi connectivity index (χ0n) is 9.61. The van der Waals surface area contributed by atoms with E-state index in [1.165, 1.54) is 10.9 Å². The number of hydrogen-bond donors (Lipinski definition) is 4. The molecule has 0 fully saturated rings. The molecule has 0 aliphatic rings. The summed E-state index contributed by atoms with van der Waals surface area (Å²) >= 11 is 0. The highest BCUT2D eigenvalue weighted by Crippen LogP contribution is 2.14. The van der Waals surface area contributed by atoms with Crippen molar-refractivity contribution >= 4 is 23.6 Å². The first-order valence-corrected chi connectivity index (χ1v) is 4.66. The van der Waals surface area contributed by atoms with Gasteiger partial charge in [-0.05, 0) is 0 Å². The van der Waals surface area contributed by atoms with Crippen molar-refractivity contribution in [1.29, 1.82) is 0 Å². The Labute approximate surface area is 111 Å². The largest absolute Gasteiger partial charge is 0.472 e. The van der Waals surface area contributed by atoms with Crippen LogP contribution < -0.4 is 21.7 Å². The van der Waals surface area contributed by atoms with Crippen LogP contribution in [0.15, 0.2) is 0 Å². The van der Waals surface area contributed by atoms with Crippen LogP contribution in [0.1, 0.15) is 6.42 Å². The first kappa shape index (κ1) is 18.5. The molecule has 0 aliphatic carbocycles. The number of carbonyl (C=O) groups is 4. The summed E-state index contributed by atoms with van der Waals surface area (Å²) in [5, 5.41) is 0. The van der Waals surface area contributed by atoms with E-state index in [0.717, 1.165) is 10.9 Å². The average molecular weight is 324 g/mol. The topological polar surface area (TPSA) is 116 Å². The Bertz CT molecular complexity index is 405. The van der Waals surface area contributed by atoms with Crippen molar-refractivity contribution in [2.75, 3.05) is 0 Å². The molecule has 0 aromatic rings. The maximum atomic E-state index is 11.7. The van der Waals surface area contributed by atoms with E-state index in [-0.39, 0.29) is 0 Å². The van der Waals surface area contributed by atoms with Gasteiger partial charge in [0, 0.05) is 0 Å². The summed E-state index contributed by atoms with van der Waals surface area (Å²) in [7, 11) is 0. The maximum Gasteiger partial charge on any atom is 0.472 e. The highest BCUT2D eigenvalue weighted by molar-refractivity contribution is 5.98. The summed E-state index contributed by atoms with van der Waals surface area (Å²) in [5.74, 6) is -7.99. The Hall–Kier alpha value is -2.54. The van der Waals surface area contributed by atoms with E-state index >= 15 is 0 Å². The van der Waals surface area contributed by atoms with Crippen molar-refractivity contribution < 1.29 is 45.5 Å². The fourth-order valence-corrected chi connectivity index (χ4v) is 0.629. The first-order chi connectivity index (χ1) is 9.34. The van der Waals surface area contributed by atoms with Gasteiger partial charge in [-0.25, -0.2) is 0 Å². The Kier molecular flexibility index (Phi) is 5.94. The van der Waals surface area contributed by atoms with Gasteiger partial charge in [0.1, 0.15) is 6.42 Å². The minimum absolute atomic E-state index is 0.906. The van der Waals surface area contributed by atoms with E-state index in [0.29, 0.717) is 0 Å². The molecular formula is C7H6F6N4O4. The Morgan fingerprint density at radius 3 is 1.14 bits per heavy atom. The van der Waals surface area contributed by atoms with Crippen molar-refractivity contribution in [3.8, 4) is 0 Å². The number of halogens is 6. The molecule has 8 nitrogen and oxygen atoms in total. The molecule has 120 valence electrons. The molecule has 21 heavy (non-hydrogen) atoms. The summed E-state index contributed by atoms with van der Waals surface area (Å²) in [5.41, 5.74) is 4.18. The van der Waals surface area contributed by atoms with Crippen LogP contribution in [0.4, 0.5) is 26.3 Å². The van der Waals surface area contributed by atoms with E-state index in [2.05, 4.69) is 0 Å². The molecule has 0 aromatic carbocycles. The van der Waals surface area contributed by atoms with Gasteiger partial charge in [0.2, 0.25) is 11.8 Å². The van der Waals surface area contributed by atoms with Gasteiger partial charge in [0.25, 0.3) is 0 Å². The van der Waals surface area contributed by atoms with Gasteiger partial charge in [-0.2, -0.15) is 26.3 Å². The van der Waals surface area contributed by atoms with Crippen LogP contribution in [0.2, 0.25) is 0 Å². The number of hydrogen-bond acceptors (Lipinski definition) is 4. The van der Waals surface area contributed by atoms with E-state index in [1.807, 2.05) is 0 Å². The molecular weight excluding hydrogens is 318 g/mol. The Morgan fingerprint density at radius 2 is 0.905 bits per heavy atom. The zero-order valence-corrected chi connectivity index (χ0v) is 9.61. The van der Waals surface area contributed by atoms with Crippen molar-refractivity contribution in [2.24, 2.45) is 0 Å². The van der Waals surface area contributed by atoms with Gasteiger partial charge >= 0.3 is 24.2 Å². The van der Waals surface area contributed by atoms with Crippen LogP contribution in [0.25, 0.3) is 0 Å². The van der Waals surface area contributed by atoms with Crippen molar-refractivity contribution in [2.45, 2.75) is 18.8 Å². The molecule has 0 radical (unpaired) electrons. The van der Waals surface area contributed by atoms with E-state index in [1.54, 1.807) is 0 Å². The molecule has 0 saturated carbocycles. The summed E-state index contributed by atoms with van der Waals surface area (Å²) in [6, 6.07) is 0. The standard InChI is InChI=1S/C7H6F6N4O4/c8-6(9,10)4(20)16-14-2(18)1-3(19)15-17-5(21)7(11,12)13/h1H2,(H,14,18)(H,15,19)(H,16,20)(H,17,21). The molecule has 4 amide bonds. The second kappa shape index (κ2) is 6.76. The van der Waals surface area contributed by atoms with Crippen LogP contribution in [-0.4, -0.2) is 36.0 Å². The van der Waals surface area contributed by atoms with Crippen molar-refractivity contribution in [3.63, 3.8) is 0 Å². The second-order valence-corrected chi connectivity index (χ2v) is 3.18. The van der Waals surface area contributed by atoms with Crippen LogP contribution >= 0.6 is 0 Å². The molecule has 14 heteroatoms. The van der Waals surface area contributed by atoms with Gasteiger partial charge in [-0.15, -0.1) is 0 Å². The molecule has 0 heterocycles. The fourth-order valence-electron chi connectivity index (χ4n) is 0.629. The zero-order chi connectivity index (χ0) is 16.8. The Morgan fingerprint density at radius 1 is 0.619 bits per heavy atom. The molecule has 4 N–H and O–H groups in total. The molecule has 0 aliphatic heterocycles. The lowest BCUT2D eigenvalue weighted by molar-refractivity contribution is -0.175. The minimum Gasteiger partial charge on any atom is -0.273 e. The third-order valence-electron chi connectivity index (χ3n) is 1.47. The van der Waals surface area contributed by atoms with E-state index < -0.39 is 42.4 Å². The van der Waals surface area contributed by atoms with Crippen molar-refractivity contribution in [1.82, 2.24) is 21.7 Å². The monoisotopic (exact) mass is 324 g/mol. The van der Waals surface area contributed by atoms with Gasteiger partial charge < -0.3 is 0 Å². The van der Waals surface area contributed by atoms with Gasteiger partial charge in [-0.1, -0.05) is 0 Å². The quantitative estimate of drug-likeness (QED) is 0.290. The average Bonchev–Trinajstić information content (AvgIpc) is 2.30. The smallest absolute Gasteiger partial charge is 0.273 e. The van der Waals surface area contributed by atoms with Gasteiger partial charge in [0.05, 0.1) is 0 Å². The minimum atomic E-state index is -5.28. The lowest BCUT2D eigenvalue weighted by Crippen LogP contribution is -2.51. The highest BCUT2D eigenvalue weighted by Gasteiger charge is 2.39. The lowest BCUT2D eigenvalue weighted by Gasteiger charge is -2.10. The molecule has 0 unspecified atom stereocenters. The second-order valence-electron chi connectivity index (χ2n) is 3.18. The van der Waals surface area contributed by atoms with Crippen LogP contribution in [0, 0.1) is 0 Å². The molecule has 0 atom stereocenters. The number of alkyl halides is 6. The van der Waals surface area contributed by atoms with Gasteiger partial charge in [0.15, 0.2) is 0 Å². The SMILES string of the molecule is O=C(CC(=O)NNC(=O)C(F)(F)F)NNC(=O)C(F)(F)F. The number of hydrazine groups is 2. The van der Waals surface area contributed by atoms with E-state index in [9.17, 15) is 45.5 Å². The van der Waals surface area contributed by atoms with Crippen molar-refractivity contribution in [3.05, 3.63) is 0 Å². The predicted molar refractivity (Wildman–Crippen MR) is 49.3 cm³/mol. The Balaban J connectivity index is 4.10. The van der Waals surface area contributed by atoms with E-state index in [4.69, 9.17) is 0 Å². The first-order valence-electron chi connectivity index (χ1n) is 4.66. The number of carbonyl (C=O) groups excluding carboxylic acids is 4. The predicted octanol–water partition coefficient (Wildman–Crippen LogP) is -1.20. The molecule has 0 bridgehead atoms. The van der Waals surface area contributed by atoms with Crippen LogP contribution in [0.5, 0.6) is 0 Å². The molecule has 0 spiro atoms. The normalized spacial score (nSPS) is 11.3. The molecule has 0 rings (SSSR count). The summed E-state index contributed by atoms with van der Waals surface area (Å²) in [6.45, 7) is 0. The molecule has 0 aromatic heterocycles. The van der Waals surface area contributed by atoms with Gasteiger partial charge in [-0.3, -0.25) is 40.9 Å². The highest BCUT2D eigenvalue weighted by atomic mass is 19.4. The summed E-state index contributed by atoms with van der Waals surface area (Å²) in [4.78, 5) is 42.2. The maximum absolute atomic E-state index is 11.7. The third kappa shape index (κ3) is 7.58. The molecule has 0 saturated heterocycles. The fraction of sp³-hybridized carbons (Fsp3) is 0.429. The summed E-state index contributed by atoms with van der Waals surface area (Å²) in [6.07, 6.45) is -11.8. The number of nitrogens with one attached hydrogen (secondary N) is 4. The lowest BCUT2D eigenvalue weighted by atomic mass is 10.4. The van der Waals surface area contributed by atoms with Crippen LogP contribution in [-0.2, 0) is 19.2 Å². The third-order valence-corrected chi connectivity index (χ3v) is 1.47. The number of amides is 4. The van der Waals surface area contributed by atoms with Crippen LogP contribution in [0.3, 0.4) is 0 Å². The number of rotatable bonds is 2. The summed E-state index contributed by atoms with van der Waals surface area (Å²) < 4.78 is 70.1.